The van der Waals surface area contributed by atoms with E-state index >= 15 is 0 Å². The molecule has 0 aliphatic carbocycles. The molecular weight excluding hydrogens is 426 g/mol. The van der Waals surface area contributed by atoms with Crippen molar-refractivity contribution in [3.05, 3.63) is 68.0 Å². The minimum Gasteiger partial charge on any atom is -0.488 e. The number of halogens is 2. The molecule has 3 rings (SSSR count). The Morgan fingerprint density at radius 2 is 2.00 bits per heavy atom. The summed E-state index contributed by atoms with van der Waals surface area (Å²) in [5.74, 6) is 0.380. The smallest absolute Gasteiger partial charge is 0.293 e. The molecule has 25 heavy (non-hydrogen) atoms. The summed E-state index contributed by atoms with van der Waals surface area (Å²) in [7, 11) is 1.47. The van der Waals surface area contributed by atoms with Crippen LogP contribution in [0, 0.1) is 0 Å². The largest absolute Gasteiger partial charge is 0.488 e. The summed E-state index contributed by atoms with van der Waals surface area (Å²) < 4.78 is 6.55. The van der Waals surface area contributed by atoms with E-state index in [1.54, 1.807) is 6.08 Å². The fourth-order valence-corrected chi connectivity index (χ4v) is 3.72. The van der Waals surface area contributed by atoms with Crippen molar-refractivity contribution in [3.8, 4) is 5.75 Å². The van der Waals surface area contributed by atoms with E-state index in [9.17, 15) is 9.59 Å². The van der Waals surface area contributed by atoms with Crippen molar-refractivity contribution >= 4 is 56.5 Å². The molecule has 2 aromatic rings. The molecule has 128 valence electrons. The highest BCUT2D eigenvalue weighted by molar-refractivity contribution is 9.10. The lowest BCUT2D eigenvalue weighted by molar-refractivity contribution is -0.121. The lowest BCUT2D eigenvalue weighted by atomic mass is 10.2. The zero-order chi connectivity index (χ0) is 18.0. The molecule has 0 N–H and O–H groups in total. The van der Waals surface area contributed by atoms with Crippen molar-refractivity contribution in [2.24, 2.45) is 0 Å². The summed E-state index contributed by atoms with van der Waals surface area (Å²) >= 11 is 10.5. The van der Waals surface area contributed by atoms with Gasteiger partial charge in [-0.3, -0.25) is 14.5 Å². The van der Waals surface area contributed by atoms with Crippen LogP contribution in [0.5, 0.6) is 5.75 Å². The van der Waals surface area contributed by atoms with E-state index in [-0.39, 0.29) is 11.1 Å². The second-order valence-electron chi connectivity index (χ2n) is 5.31. The van der Waals surface area contributed by atoms with Gasteiger partial charge in [-0.05, 0) is 57.5 Å². The van der Waals surface area contributed by atoms with E-state index in [1.165, 1.54) is 7.05 Å². The van der Waals surface area contributed by atoms with Crippen LogP contribution in [0.3, 0.4) is 0 Å². The van der Waals surface area contributed by atoms with Crippen LogP contribution in [0.15, 0.2) is 51.8 Å². The van der Waals surface area contributed by atoms with Gasteiger partial charge in [-0.15, -0.1) is 0 Å². The van der Waals surface area contributed by atoms with Gasteiger partial charge in [0, 0.05) is 17.6 Å². The molecule has 0 saturated carbocycles. The van der Waals surface area contributed by atoms with Gasteiger partial charge in [-0.25, -0.2) is 0 Å². The lowest BCUT2D eigenvalue weighted by Crippen LogP contribution is -2.22. The van der Waals surface area contributed by atoms with Crippen molar-refractivity contribution in [2.45, 2.75) is 6.61 Å². The van der Waals surface area contributed by atoms with Gasteiger partial charge in [0.05, 0.1) is 9.38 Å². The highest BCUT2D eigenvalue weighted by atomic mass is 79.9. The lowest BCUT2D eigenvalue weighted by Gasteiger charge is -2.10. The summed E-state index contributed by atoms with van der Waals surface area (Å²) in [5, 5.41) is 0.389. The third-order valence-corrected chi connectivity index (χ3v) is 5.53. The second kappa shape index (κ2) is 7.64. The molecule has 0 spiro atoms. The van der Waals surface area contributed by atoms with Crippen molar-refractivity contribution in [1.82, 2.24) is 4.90 Å². The predicted molar refractivity (Wildman–Crippen MR) is 104 cm³/mol. The number of ether oxygens (including phenoxy) is 1. The summed E-state index contributed by atoms with van der Waals surface area (Å²) in [6, 6.07) is 13.0. The summed E-state index contributed by atoms with van der Waals surface area (Å²) in [5.41, 5.74) is 1.70. The quantitative estimate of drug-likeness (QED) is 0.604. The average Bonchev–Trinajstić information content (AvgIpc) is 2.82. The maximum atomic E-state index is 11.9. The molecule has 2 amide bonds. The SMILES string of the molecule is CN1C(=O)S/C(=C\c2ccc(OCc3ccccc3Cl)c(Br)c2)C1=O. The summed E-state index contributed by atoms with van der Waals surface area (Å²) in [4.78, 5) is 25.0. The van der Waals surface area contributed by atoms with Crippen LogP contribution in [0.1, 0.15) is 11.1 Å². The number of benzene rings is 2. The van der Waals surface area contributed by atoms with E-state index < -0.39 is 0 Å². The molecule has 0 bridgehead atoms. The fourth-order valence-electron chi connectivity index (χ4n) is 2.19. The third kappa shape index (κ3) is 4.08. The van der Waals surface area contributed by atoms with Gasteiger partial charge < -0.3 is 4.74 Å². The predicted octanol–water partition coefficient (Wildman–Crippen LogP) is 5.35. The molecule has 0 atom stereocenters. The van der Waals surface area contributed by atoms with Gasteiger partial charge in [0.2, 0.25) is 0 Å². The van der Waals surface area contributed by atoms with Crippen LogP contribution in [0.4, 0.5) is 4.79 Å². The first kappa shape index (κ1) is 18.0. The van der Waals surface area contributed by atoms with E-state index in [1.807, 2.05) is 42.5 Å². The number of imide groups is 1. The number of carbonyl (C=O) groups excluding carboxylic acids is 2. The van der Waals surface area contributed by atoms with Crippen LogP contribution in [-0.2, 0) is 11.4 Å². The minimum absolute atomic E-state index is 0.269. The molecule has 1 aliphatic heterocycles. The topological polar surface area (TPSA) is 46.6 Å². The van der Waals surface area contributed by atoms with Gasteiger partial charge in [0.1, 0.15) is 12.4 Å². The number of hydrogen-bond donors (Lipinski definition) is 0. The zero-order valence-corrected chi connectivity index (χ0v) is 16.3. The Morgan fingerprint density at radius 1 is 1.24 bits per heavy atom. The maximum absolute atomic E-state index is 11.9. The number of likely N-dealkylation sites (N-methyl/N-ethyl adjacent to an activating group) is 1. The first-order valence-corrected chi connectivity index (χ1v) is 9.32. The Labute approximate surface area is 162 Å². The van der Waals surface area contributed by atoms with Crippen molar-refractivity contribution in [1.29, 1.82) is 0 Å². The molecule has 0 aromatic heterocycles. The summed E-state index contributed by atoms with van der Waals surface area (Å²) in [6.45, 7) is 0.354. The first-order valence-electron chi connectivity index (χ1n) is 7.33. The Bertz CT molecular complexity index is 884. The number of carbonyl (C=O) groups is 2. The minimum atomic E-state index is -0.287. The molecule has 0 radical (unpaired) electrons. The molecule has 1 saturated heterocycles. The fraction of sp³-hybridized carbons (Fsp3) is 0.111. The molecule has 1 heterocycles. The molecule has 4 nitrogen and oxygen atoms in total. The first-order chi connectivity index (χ1) is 12.0. The average molecular weight is 439 g/mol. The second-order valence-corrected chi connectivity index (χ2v) is 7.57. The Hall–Kier alpha value is -1.76. The number of thioether (sulfide) groups is 1. The number of hydrogen-bond acceptors (Lipinski definition) is 4. The van der Waals surface area contributed by atoms with Crippen LogP contribution in [0.25, 0.3) is 6.08 Å². The number of rotatable bonds is 4. The van der Waals surface area contributed by atoms with Gasteiger partial charge in [-0.2, -0.15) is 0 Å². The Morgan fingerprint density at radius 3 is 2.64 bits per heavy atom. The van der Waals surface area contributed by atoms with Gasteiger partial charge in [-0.1, -0.05) is 35.9 Å². The third-order valence-electron chi connectivity index (χ3n) is 3.58. The van der Waals surface area contributed by atoms with Crippen LogP contribution in [0.2, 0.25) is 5.02 Å². The van der Waals surface area contributed by atoms with Crippen LogP contribution < -0.4 is 4.74 Å². The van der Waals surface area contributed by atoms with Crippen molar-refractivity contribution < 1.29 is 14.3 Å². The highest BCUT2D eigenvalue weighted by Crippen LogP contribution is 2.33. The highest BCUT2D eigenvalue weighted by Gasteiger charge is 2.31. The summed E-state index contributed by atoms with van der Waals surface area (Å²) in [6.07, 6.45) is 1.69. The molecule has 7 heteroatoms. The van der Waals surface area contributed by atoms with E-state index in [4.69, 9.17) is 16.3 Å². The Balaban J connectivity index is 1.74. The molecular formula is C18H13BrClNO3S. The molecule has 0 unspecified atom stereocenters. The number of amides is 2. The van der Waals surface area contributed by atoms with Crippen LogP contribution in [-0.4, -0.2) is 23.1 Å². The normalized spacial score (nSPS) is 16.0. The van der Waals surface area contributed by atoms with E-state index in [0.717, 1.165) is 32.3 Å². The van der Waals surface area contributed by atoms with Crippen LogP contribution >= 0.6 is 39.3 Å². The standard InChI is InChI=1S/C18H13BrClNO3S/c1-21-17(22)16(25-18(21)23)9-11-6-7-15(13(19)8-11)24-10-12-4-2-3-5-14(12)20/h2-9H,10H2,1H3/b16-9-. The van der Waals surface area contributed by atoms with Crippen molar-refractivity contribution in [3.63, 3.8) is 0 Å². The van der Waals surface area contributed by atoms with Gasteiger partial charge in [0.25, 0.3) is 11.1 Å². The molecule has 1 fully saturated rings. The molecule has 2 aromatic carbocycles. The van der Waals surface area contributed by atoms with E-state index in [0.29, 0.717) is 22.3 Å². The monoisotopic (exact) mass is 437 g/mol. The Kier molecular flexibility index (Phi) is 5.51. The molecule has 1 aliphatic rings. The van der Waals surface area contributed by atoms with Gasteiger partial charge >= 0.3 is 0 Å². The maximum Gasteiger partial charge on any atom is 0.293 e. The van der Waals surface area contributed by atoms with E-state index in [2.05, 4.69) is 15.9 Å². The number of nitrogens with zero attached hydrogens (tertiary/aromatic N) is 1. The zero-order valence-electron chi connectivity index (χ0n) is 13.2. The van der Waals surface area contributed by atoms with Gasteiger partial charge in [0.15, 0.2) is 0 Å². The van der Waals surface area contributed by atoms with Crippen molar-refractivity contribution in [2.75, 3.05) is 7.05 Å².